The average molecular weight is 715 g/mol. The number of hydrogen-bond acceptors (Lipinski definition) is 10. The fourth-order valence-electron chi connectivity index (χ4n) is 7.90. The normalized spacial score (nSPS) is 14.8. The van der Waals surface area contributed by atoms with Gasteiger partial charge in [-0.1, -0.05) is 0 Å². The van der Waals surface area contributed by atoms with Crippen molar-refractivity contribution in [3.8, 4) is 6.07 Å². The van der Waals surface area contributed by atoms with Gasteiger partial charge in [0.25, 0.3) is 0 Å². The molecule has 2 atom stereocenters. The van der Waals surface area contributed by atoms with Crippen LogP contribution in [-0.4, -0.2) is 89.1 Å². The number of rotatable bonds is 15. The van der Waals surface area contributed by atoms with Crippen molar-refractivity contribution in [1.29, 1.82) is 5.26 Å². The van der Waals surface area contributed by atoms with E-state index in [0.29, 0.717) is 16.7 Å². The van der Waals surface area contributed by atoms with Crippen LogP contribution in [0, 0.1) is 11.3 Å². The molecule has 0 aliphatic heterocycles. The van der Waals surface area contributed by atoms with E-state index in [4.69, 9.17) is 9.47 Å². The number of aromatic nitrogens is 4. The first-order valence-corrected chi connectivity index (χ1v) is 19.2. The second-order valence-electron chi connectivity index (χ2n) is 13.4. The standard InChI is InChI=1S/C38H47N6O6P/c1-27(2)44(28(3)4)32(22-39)24-51(46,47,48)33(23-43-26-42-34-35(43)40-25-41-36(34)45)38(49-5,50-6)37(29-16-10-7-11-17-29,30-18-12-8-13-19-30)31-20-14-9-15-21-31/h7-21,25-28,32-33,46-48H,23-24H2,1-6H3,(H,40,41,45). The van der Waals surface area contributed by atoms with Crippen LogP contribution in [0.5, 0.6) is 0 Å². The number of nitriles is 1. The molecule has 0 aliphatic rings. The fraction of sp³-hybridized carbons (Fsp3) is 0.368. The number of H-pyrrole nitrogens is 1. The molecule has 0 aliphatic carbocycles. The Balaban J connectivity index is 1.93. The molecule has 0 bridgehead atoms. The molecule has 12 nitrogen and oxygen atoms in total. The Labute approximate surface area is 298 Å². The predicted octanol–water partition coefficient (Wildman–Crippen LogP) is 4.80. The van der Waals surface area contributed by atoms with E-state index in [0.717, 1.165) is 0 Å². The summed E-state index contributed by atoms with van der Waals surface area (Å²) in [7, 11) is -3.41. The van der Waals surface area contributed by atoms with Crippen molar-refractivity contribution < 1.29 is 24.2 Å². The van der Waals surface area contributed by atoms with Crippen molar-refractivity contribution in [2.45, 2.75) is 69.2 Å². The summed E-state index contributed by atoms with van der Waals surface area (Å²) in [5.74, 6) is -2.13. The molecule has 0 saturated carbocycles. The second kappa shape index (κ2) is 14.7. The van der Waals surface area contributed by atoms with E-state index < -0.39 is 48.5 Å². The number of nitrogens with one attached hydrogen (secondary N) is 1. The SMILES string of the molecule is COC(OC)(C(Cn1cnc2c(=O)[nH]cnc21)P(O)(O)(O)CC(C#N)N(C(C)C)C(C)C)C(c1ccccc1)(c1ccccc1)c1ccccc1. The summed E-state index contributed by atoms with van der Waals surface area (Å²) < 4.78 is 14.7. The first kappa shape index (κ1) is 37.9. The molecular formula is C38H47N6O6P. The van der Waals surface area contributed by atoms with Crippen LogP contribution in [0.4, 0.5) is 0 Å². The van der Waals surface area contributed by atoms with Gasteiger partial charge in [0.1, 0.15) is 0 Å². The number of ether oxygens (including phenoxy) is 2. The monoisotopic (exact) mass is 714 g/mol. The van der Waals surface area contributed by atoms with E-state index in [-0.39, 0.29) is 23.2 Å². The number of fused-ring (bicyclic) bond motifs is 1. The molecule has 0 amide bonds. The minimum absolute atomic E-state index is 0.0203. The molecule has 2 heterocycles. The quantitative estimate of drug-likeness (QED) is 0.0672. The molecule has 13 heteroatoms. The van der Waals surface area contributed by atoms with Crippen molar-refractivity contribution in [3.05, 3.63) is 131 Å². The second-order valence-corrected chi connectivity index (χ2v) is 16.9. The maximum atomic E-state index is 12.9. The molecule has 5 aromatic rings. The number of benzene rings is 3. The van der Waals surface area contributed by atoms with Crippen LogP contribution in [0.2, 0.25) is 0 Å². The summed E-state index contributed by atoms with van der Waals surface area (Å²) in [5.41, 5.74) is -1.56. The van der Waals surface area contributed by atoms with Gasteiger partial charge in [-0.05, 0) is 0 Å². The molecule has 4 N–H and O–H groups in total. The number of methoxy groups -OCH3 is 2. The molecule has 5 rings (SSSR count). The van der Waals surface area contributed by atoms with Crippen LogP contribution < -0.4 is 5.56 Å². The van der Waals surface area contributed by atoms with Gasteiger partial charge in [-0.2, -0.15) is 0 Å². The minimum atomic E-state index is -6.22. The zero-order chi connectivity index (χ0) is 37.1. The third-order valence-electron chi connectivity index (χ3n) is 9.83. The fourth-order valence-corrected chi connectivity index (χ4v) is 10.7. The first-order chi connectivity index (χ1) is 24.3. The van der Waals surface area contributed by atoms with Gasteiger partial charge in [0.15, 0.2) is 0 Å². The van der Waals surface area contributed by atoms with Crippen molar-refractivity contribution in [1.82, 2.24) is 24.4 Å². The van der Waals surface area contributed by atoms with Crippen LogP contribution in [0.15, 0.2) is 108 Å². The zero-order valence-electron chi connectivity index (χ0n) is 29.8. The summed E-state index contributed by atoms with van der Waals surface area (Å²) in [6.07, 6.45) is 1.85. The van der Waals surface area contributed by atoms with E-state index in [1.54, 1.807) is 0 Å². The van der Waals surface area contributed by atoms with Gasteiger partial charge < -0.3 is 0 Å². The van der Waals surface area contributed by atoms with Gasteiger partial charge >= 0.3 is 299 Å². The van der Waals surface area contributed by atoms with E-state index in [1.165, 1.54) is 31.4 Å². The van der Waals surface area contributed by atoms with E-state index in [1.807, 2.05) is 124 Å². The Morgan fingerprint density at radius 3 is 1.73 bits per heavy atom. The third kappa shape index (κ3) is 6.75. The number of imidazole rings is 1. The molecule has 2 unspecified atom stereocenters. The van der Waals surface area contributed by atoms with Gasteiger partial charge in [0.05, 0.1) is 0 Å². The van der Waals surface area contributed by atoms with E-state index >= 15 is 0 Å². The zero-order valence-corrected chi connectivity index (χ0v) is 30.7. The summed E-state index contributed by atoms with van der Waals surface area (Å²) >= 11 is 0. The van der Waals surface area contributed by atoms with Crippen molar-refractivity contribution in [2.75, 3.05) is 20.4 Å². The average Bonchev–Trinajstić information content (AvgIpc) is 3.54. The third-order valence-corrected chi connectivity index (χ3v) is 12.7. The molecular weight excluding hydrogens is 667 g/mol. The van der Waals surface area contributed by atoms with Crippen LogP contribution in [-0.2, 0) is 21.4 Å². The van der Waals surface area contributed by atoms with Crippen LogP contribution in [0.1, 0.15) is 44.4 Å². The summed E-state index contributed by atoms with van der Waals surface area (Å²) in [6, 6.07) is 29.0. The molecule has 0 spiro atoms. The summed E-state index contributed by atoms with van der Waals surface area (Å²) in [5, 5.41) is 10.6. The maximum absolute atomic E-state index is 12.9. The molecule has 2 aromatic heterocycles. The van der Waals surface area contributed by atoms with Gasteiger partial charge in [0.2, 0.25) is 0 Å². The summed E-state index contributed by atoms with van der Waals surface area (Å²) in [6.45, 7) is 7.23. The van der Waals surface area contributed by atoms with E-state index in [9.17, 15) is 24.7 Å². The molecule has 51 heavy (non-hydrogen) atoms. The Hall–Kier alpha value is -4.31. The Kier molecular flexibility index (Phi) is 11.0. The molecule has 270 valence electrons. The number of aromatic amines is 1. The van der Waals surface area contributed by atoms with Crippen molar-refractivity contribution in [3.63, 3.8) is 0 Å². The molecule has 0 radical (unpaired) electrons. The van der Waals surface area contributed by atoms with Crippen LogP contribution >= 0.6 is 7.28 Å². The van der Waals surface area contributed by atoms with Crippen LogP contribution in [0.3, 0.4) is 0 Å². The molecule has 0 saturated heterocycles. The predicted molar refractivity (Wildman–Crippen MR) is 198 cm³/mol. The van der Waals surface area contributed by atoms with E-state index in [2.05, 4.69) is 21.0 Å². The van der Waals surface area contributed by atoms with Gasteiger partial charge in [0, 0.05) is 0 Å². The Morgan fingerprint density at radius 2 is 1.31 bits per heavy atom. The number of nitrogens with zero attached hydrogens (tertiary/aromatic N) is 5. The van der Waals surface area contributed by atoms with Crippen LogP contribution in [0.25, 0.3) is 11.2 Å². The Morgan fingerprint density at radius 1 is 0.843 bits per heavy atom. The topological polar surface area (TPSA) is 170 Å². The molecule has 0 fully saturated rings. The van der Waals surface area contributed by atoms with Crippen molar-refractivity contribution >= 4 is 18.4 Å². The van der Waals surface area contributed by atoms with Gasteiger partial charge in [-0.15, -0.1) is 0 Å². The van der Waals surface area contributed by atoms with Crippen molar-refractivity contribution in [2.24, 2.45) is 0 Å². The first-order valence-electron chi connectivity index (χ1n) is 16.8. The van der Waals surface area contributed by atoms with Gasteiger partial charge in [-0.25, -0.2) is 0 Å². The molecule has 3 aromatic carbocycles. The van der Waals surface area contributed by atoms with Gasteiger partial charge in [-0.3, -0.25) is 0 Å². The summed E-state index contributed by atoms with van der Waals surface area (Å²) in [4.78, 5) is 64.3. The Bertz CT molecular complexity index is 1900. The number of hydrogen-bond donors (Lipinski definition) is 4.